The lowest BCUT2D eigenvalue weighted by Gasteiger charge is -2.13. The fourth-order valence-corrected chi connectivity index (χ4v) is 1.64. The standard InChI is InChI=1S/C9H14N2O/c1-6(2)9-7-3-4-12-5-8(7)10-11-9/h6H,3-5H2,1-2H3,(H,10,11). The van der Waals surface area contributed by atoms with Gasteiger partial charge in [0, 0.05) is 5.56 Å². The first-order chi connectivity index (χ1) is 5.79. The molecule has 1 aromatic rings. The molecule has 1 N–H and O–H groups in total. The van der Waals surface area contributed by atoms with E-state index in [2.05, 4.69) is 24.0 Å². The minimum atomic E-state index is 0.517. The Kier molecular flexibility index (Phi) is 1.89. The fourth-order valence-electron chi connectivity index (χ4n) is 1.64. The van der Waals surface area contributed by atoms with Crippen LogP contribution in [-0.4, -0.2) is 16.8 Å². The van der Waals surface area contributed by atoms with Gasteiger partial charge in [0.1, 0.15) is 0 Å². The molecule has 0 atom stereocenters. The Morgan fingerprint density at radius 3 is 3.08 bits per heavy atom. The maximum absolute atomic E-state index is 5.32. The molecular weight excluding hydrogens is 152 g/mol. The van der Waals surface area contributed by atoms with Crippen molar-refractivity contribution < 1.29 is 4.74 Å². The lowest BCUT2D eigenvalue weighted by molar-refractivity contribution is 0.108. The number of H-pyrrole nitrogens is 1. The van der Waals surface area contributed by atoms with Crippen molar-refractivity contribution in [2.45, 2.75) is 32.8 Å². The number of ether oxygens (including phenoxy) is 1. The van der Waals surface area contributed by atoms with E-state index in [-0.39, 0.29) is 0 Å². The van der Waals surface area contributed by atoms with Gasteiger partial charge in [0.2, 0.25) is 0 Å². The third-order valence-corrected chi connectivity index (χ3v) is 2.27. The molecule has 0 fully saturated rings. The number of fused-ring (bicyclic) bond motifs is 1. The SMILES string of the molecule is CC(C)c1n[nH]c2c1CCOC2. The molecule has 0 saturated heterocycles. The molecule has 0 saturated carbocycles. The lowest BCUT2D eigenvalue weighted by atomic mass is 10.0. The number of rotatable bonds is 1. The molecule has 66 valence electrons. The van der Waals surface area contributed by atoms with Crippen molar-refractivity contribution in [1.29, 1.82) is 0 Å². The molecule has 1 aliphatic rings. The van der Waals surface area contributed by atoms with Gasteiger partial charge in [0.25, 0.3) is 0 Å². The van der Waals surface area contributed by atoms with Crippen molar-refractivity contribution in [2.24, 2.45) is 0 Å². The summed E-state index contributed by atoms with van der Waals surface area (Å²) in [6.45, 7) is 5.89. The van der Waals surface area contributed by atoms with Crippen molar-refractivity contribution in [3.05, 3.63) is 17.0 Å². The van der Waals surface area contributed by atoms with Crippen LogP contribution < -0.4 is 0 Å². The molecule has 2 heterocycles. The van der Waals surface area contributed by atoms with Crippen molar-refractivity contribution in [1.82, 2.24) is 10.2 Å². The van der Waals surface area contributed by atoms with Crippen LogP contribution in [-0.2, 0) is 17.8 Å². The van der Waals surface area contributed by atoms with Gasteiger partial charge in [-0.25, -0.2) is 0 Å². The zero-order valence-corrected chi connectivity index (χ0v) is 7.55. The van der Waals surface area contributed by atoms with E-state index < -0.39 is 0 Å². The predicted molar refractivity (Wildman–Crippen MR) is 46.0 cm³/mol. The highest BCUT2D eigenvalue weighted by Gasteiger charge is 2.18. The molecule has 0 amide bonds. The van der Waals surface area contributed by atoms with E-state index in [4.69, 9.17) is 4.74 Å². The van der Waals surface area contributed by atoms with E-state index in [1.807, 2.05) is 0 Å². The zero-order valence-electron chi connectivity index (χ0n) is 7.55. The van der Waals surface area contributed by atoms with Crippen molar-refractivity contribution in [2.75, 3.05) is 6.61 Å². The number of nitrogens with zero attached hydrogens (tertiary/aromatic N) is 1. The Morgan fingerprint density at radius 2 is 2.33 bits per heavy atom. The number of aromatic nitrogens is 2. The quantitative estimate of drug-likeness (QED) is 0.688. The average Bonchev–Trinajstić information content (AvgIpc) is 2.47. The van der Waals surface area contributed by atoms with Gasteiger partial charge in [-0.15, -0.1) is 0 Å². The van der Waals surface area contributed by atoms with Gasteiger partial charge < -0.3 is 4.74 Å². The summed E-state index contributed by atoms with van der Waals surface area (Å²) in [6, 6.07) is 0. The first-order valence-corrected chi connectivity index (χ1v) is 4.43. The van der Waals surface area contributed by atoms with Crippen LogP contribution >= 0.6 is 0 Å². The monoisotopic (exact) mass is 166 g/mol. The summed E-state index contributed by atoms with van der Waals surface area (Å²) in [7, 11) is 0. The summed E-state index contributed by atoms with van der Waals surface area (Å²) in [4.78, 5) is 0. The molecule has 0 aromatic carbocycles. The van der Waals surface area contributed by atoms with Gasteiger partial charge in [-0.1, -0.05) is 13.8 Å². The maximum atomic E-state index is 5.32. The second-order valence-corrected chi connectivity index (χ2v) is 3.52. The van der Waals surface area contributed by atoms with Crippen LogP contribution in [0.15, 0.2) is 0 Å². The Morgan fingerprint density at radius 1 is 1.50 bits per heavy atom. The van der Waals surface area contributed by atoms with Crippen LogP contribution in [0.2, 0.25) is 0 Å². The predicted octanol–water partition coefficient (Wildman–Crippen LogP) is 1.61. The van der Waals surface area contributed by atoms with E-state index in [9.17, 15) is 0 Å². The highest BCUT2D eigenvalue weighted by atomic mass is 16.5. The Labute approximate surface area is 72.1 Å². The molecule has 3 heteroatoms. The summed E-state index contributed by atoms with van der Waals surface area (Å²) >= 11 is 0. The second kappa shape index (κ2) is 2.90. The number of hydrogen-bond acceptors (Lipinski definition) is 2. The van der Waals surface area contributed by atoms with Gasteiger partial charge >= 0.3 is 0 Å². The second-order valence-electron chi connectivity index (χ2n) is 3.52. The third-order valence-electron chi connectivity index (χ3n) is 2.27. The molecular formula is C9H14N2O. The normalized spacial score (nSPS) is 16.6. The zero-order chi connectivity index (χ0) is 8.55. The van der Waals surface area contributed by atoms with E-state index in [1.54, 1.807) is 0 Å². The lowest BCUT2D eigenvalue weighted by Crippen LogP contribution is -2.10. The first-order valence-electron chi connectivity index (χ1n) is 4.43. The average molecular weight is 166 g/mol. The molecule has 2 rings (SSSR count). The van der Waals surface area contributed by atoms with Crippen LogP contribution in [0.1, 0.15) is 36.7 Å². The number of aromatic amines is 1. The maximum Gasteiger partial charge on any atom is 0.0885 e. The van der Waals surface area contributed by atoms with Crippen LogP contribution in [0.3, 0.4) is 0 Å². The Bertz CT molecular complexity index is 278. The largest absolute Gasteiger partial charge is 0.375 e. The summed E-state index contributed by atoms with van der Waals surface area (Å²) in [5, 5.41) is 7.32. The van der Waals surface area contributed by atoms with Crippen molar-refractivity contribution >= 4 is 0 Å². The van der Waals surface area contributed by atoms with Gasteiger partial charge in [0.15, 0.2) is 0 Å². The molecule has 0 radical (unpaired) electrons. The smallest absolute Gasteiger partial charge is 0.0885 e. The van der Waals surface area contributed by atoms with Crippen LogP contribution in [0.4, 0.5) is 0 Å². The Balaban J connectivity index is 2.38. The highest BCUT2D eigenvalue weighted by Crippen LogP contribution is 2.23. The molecule has 1 aromatic heterocycles. The minimum Gasteiger partial charge on any atom is -0.375 e. The molecule has 1 aliphatic heterocycles. The first kappa shape index (κ1) is 7.80. The van der Waals surface area contributed by atoms with E-state index in [1.165, 1.54) is 17.0 Å². The highest BCUT2D eigenvalue weighted by molar-refractivity contribution is 5.28. The summed E-state index contributed by atoms with van der Waals surface area (Å²) < 4.78 is 5.32. The van der Waals surface area contributed by atoms with Gasteiger partial charge in [-0.2, -0.15) is 5.10 Å². The van der Waals surface area contributed by atoms with Gasteiger partial charge in [0.05, 0.1) is 24.6 Å². The Hall–Kier alpha value is -0.830. The summed E-state index contributed by atoms with van der Waals surface area (Å²) in [5.41, 5.74) is 3.77. The molecule has 3 nitrogen and oxygen atoms in total. The van der Waals surface area contributed by atoms with Crippen molar-refractivity contribution in [3.8, 4) is 0 Å². The topological polar surface area (TPSA) is 37.9 Å². The van der Waals surface area contributed by atoms with Gasteiger partial charge in [-0.05, 0) is 12.3 Å². The summed E-state index contributed by atoms with van der Waals surface area (Å²) in [5.74, 6) is 0.517. The molecule has 0 bridgehead atoms. The van der Waals surface area contributed by atoms with Crippen LogP contribution in [0.25, 0.3) is 0 Å². The molecule has 0 unspecified atom stereocenters. The third kappa shape index (κ3) is 1.14. The van der Waals surface area contributed by atoms with Crippen molar-refractivity contribution in [3.63, 3.8) is 0 Å². The van der Waals surface area contributed by atoms with E-state index in [0.717, 1.165) is 13.0 Å². The molecule has 12 heavy (non-hydrogen) atoms. The van der Waals surface area contributed by atoms with E-state index >= 15 is 0 Å². The van der Waals surface area contributed by atoms with Crippen LogP contribution in [0, 0.1) is 0 Å². The number of hydrogen-bond donors (Lipinski definition) is 1. The fraction of sp³-hybridized carbons (Fsp3) is 0.667. The van der Waals surface area contributed by atoms with Gasteiger partial charge in [-0.3, -0.25) is 5.10 Å². The molecule has 0 spiro atoms. The van der Waals surface area contributed by atoms with E-state index in [0.29, 0.717) is 12.5 Å². The van der Waals surface area contributed by atoms with Crippen LogP contribution in [0.5, 0.6) is 0 Å². The molecule has 0 aliphatic carbocycles. The minimum absolute atomic E-state index is 0.517. The number of nitrogens with one attached hydrogen (secondary N) is 1. The summed E-state index contributed by atoms with van der Waals surface area (Å²) in [6.07, 6.45) is 1.01.